The van der Waals surface area contributed by atoms with E-state index in [1.807, 2.05) is 42.5 Å². The minimum Gasteiger partial charge on any atom is -0.394 e. The summed E-state index contributed by atoms with van der Waals surface area (Å²) in [6.45, 7) is 0.301. The standard InChI is InChI=1S/C22H25N3O3/c26-14-19-21(16-6-2-1-3-7-16)18(13-24-22(28)17-8-9-17)25(19)20(27)11-15-5-4-10-23-12-15/h1-7,10,12,17-19,21,26H,8-9,11,13-14H2,(H,24,28)/t18-,19+,21+/m1/s1. The molecule has 28 heavy (non-hydrogen) atoms. The predicted octanol–water partition coefficient (Wildman–Crippen LogP) is 1.51. The Labute approximate surface area is 164 Å². The first-order valence-electron chi connectivity index (χ1n) is 9.82. The summed E-state index contributed by atoms with van der Waals surface area (Å²) in [5, 5.41) is 13.0. The van der Waals surface area contributed by atoms with Crippen LogP contribution < -0.4 is 5.32 Å². The Bertz CT molecular complexity index is 823. The number of carbonyl (C=O) groups excluding carboxylic acids is 2. The number of aliphatic hydroxyl groups is 1. The van der Waals surface area contributed by atoms with Crippen LogP contribution >= 0.6 is 0 Å². The van der Waals surface area contributed by atoms with Crippen LogP contribution in [0.5, 0.6) is 0 Å². The van der Waals surface area contributed by atoms with Crippen LogP contribution in [0, 0.1) is 5.92 Å². The molecule has 1 aromatic carbocycles. The van der Waals surface area contributed by atoms with Crippen LogP contribution in [0.1, 0.15) is 29.9 Å². The van der Waals surface area contributed by atoms with Gasteiger partial charge in [-0.15, -0.1) is 0 Å². The second-order valence-corrected chi connectivity index (χ2v) is 7.61. The number of nitrogens with one attached hydrogen (secondary N) is 1. The van der Waals surface area contributed by atoms with Gasteiger partial charge in [0.05, 0.1) is 25.1 Å². The SMILES string of the molecule is O=C(NC[C@@H]1[C@H](c2ccccc2)[C@H](CO)N1C(=O)Cc1cccnc1)C1CC1. The van der Waals surface area contributed by atoms with Gasteiger partial charge in [0.2, 0.25) is 11.8 Å². The van der Waals surface area contributed by atoms with E-state index in [-0.39, 0.29) is 48.8 Å². The van der Waals surface area contributed by atoms with Crippen molar-refractivity contribution in [1.82, 2.24) is 15.2 Å². The molecule has 0 bridgehead atoms. The van der Waals surface area contributed by atoms with E-state index in [1.165, 1.54) is 0 Å². The normalized spacial score (nSPS) is 23.8. The number of hydrogen-bond donors (Lipinski definition) is 2. The van der Waals surface area contributed by atoms with Crippen molar-refractivity contribution in [3.05, 3.63) is 66.0 Å². The monoisotopic (exact) mass is 379 g/mol. The molecule has 2 heterocycles. The number of hydrogen-bond acceptors (Lipinski definition) is 4. The lowest BCUT2D eigenvalue weighted by atomic mass is 9.74. The number of aromatic nitrogens is 1. The average molecular weight is 379 g/mol. The van der Waals surface area contributed by atoms with E-state index in [1.54, 1.807) is 17.3 Å². The molecule has 2 aliphatic rings. The Morgan fingerprint density at radius 2 is 1.89 bits per heavy atom. The lowest BCUT2D eigenvalue weighted by molar-refractivity contribution is -0.150. The maximum Gasteiger partial charge on any atom is 0.227 e. The van der Waals surface area contributed by atoms with Crippen LogP contribution in [-0.4, -0.2) is 52.0 Å². The van der Waals surface area contributed by atoms with Crippen LogP contribution in [0.15, 0.2) is 54.9 Å². The van der Waals surface area contributed by atoms with Crippen molar-refractivity contribution >= 4 is 11.8 Å². The second kappa shape index (κ2) is 8.10. The van der Waals surface area contributed by atoms with E-state index >= 15 is 0 Å². The summed E-state index contributed by atoms with van der Waals surface area (Å²) in [6, 6.07) is 13.1. The molecule has 6 nitrogen and oxygen atoms in total. The Hall–Kier alpha value is -2.73. The first kappa shape index (κ1) is 18.6. The fraction of sp³-hybridized carbons (Fsp3) is 0.409. The molecule has 1 aliphatic heterocycles. The Morgan fingerprint density at radius 1 is 1.11 bits per heavy atom. The maximum absolute atomic E-state index is 13.0. The number of aliphatic hydroxyl groups excluding tert-OH is 1. The highest BCUT2D eigenvalue weighted by molar-refractivity contribution is 5.82. The van der Waals surface area contributed by atoms with Crippen molar-refractivity contribution < 1.29 is 14.7 Å². The van der Waals surface area contributed by atoms with Crippen LogP contribution in [0.25, 0.3) is 0 Å². The predicted molar refractivity (Wildman–Crippen MR) is 104 cm³/mol. The van der Waals surface area contributed by atoms with E-state index in [9.17, 15) is 14.7 Å². The van der Waals surface area contributed by atoms with Gasteiger partial charge in [0.25, 0.3) is 0 Å². The molecule has 3 atom stereocenters. The van der Waals surface area contributed by atoms with E-state index in [4.69, 9.17) is 0 Å². The molecule has 2 aromatic rings. The molecule has 6 heteroatoms. The summed E-state index contributed by atoms with van der Waals surface area (Å²) >= 11 is 0. The zero-order valence-electron chi connectivity index (χ0n) is 15.7. The van der Waals surface area contributed by atoms with Gasteiger partial charge in [-0.2, -0.15) is 0 Å². The van der Waals surface area contributed by atoms with Gasteiger partial charge in [0.15, 0.2) is 0 Å². The number of likely N-dealkylation sites (tertiary alicyclic amines) is 1. The topological polar surface area (TPSA) is 82.5 Å². The largest absolute Gasteiger partial charge is 0.394 e. The molecule has 1 saturated heterocycles. The molecule has 4 rings (SSSR count). The van der Waals surface area contributed by atoms with E-state index < -0.39 is 0 Å². The van der Waals surface area contributed by atoms with Crippen LogP contribution in [0.3, 0.4) is 0 Å². The highest BCUT2D eigenvalue weighted by atomic mass is 16.3. The van der Waals surface area contributed by atoms with E-state index in [0.29, 0.717) is 6.54 Å². The molecule has 0 spiro atoms. The van der Waals surface area contributed by atoms with E-state index in [2.05, 4.69) is 10.3 Å². The Balaban J connectivity index is 1.53. The molecule has 0 unspecified atom stereocenters. The number of carbonyl (C=O) groups is 2. The minimum absolute atomic E-state index is 0.00329. The molecule has 2 N–H and O–H groups in total. The van der Waals surface area contributed by atoms with Gasteiger partial charge in [0.1, 0.15) is 0 Å². The van der Waals surface area contributed by atoms with Crippen molar-refractivity contribution in [2.45, 2.75) is 37.3 Å². The third-order valence-electron chi connectivity index (χ3n) is 5.71. The van der Waals surface area contributed by atoms with Gasteiger partial charge >= 0.3 is 0 Å². The van der Waals surface area contributed by atoms with Gasteiger partial charge in [0, 0.05) is 30.8 Å². The van der Waals surface area contributed by atoms with Crippen molar-refractivity contribution in [3.8, 4) is 0 Å². The van der Waals surface area contributed by atoms with Gasteiger partial charge in [-0.05, 0) is 30.0 Å². The zero-order chi connectivity index (χ0) is 19.5. The lowest BCUT2D eigenvalue weighted by Crippen LogP contribution is -2.68. The highest BCUT2D eigenvalue weighted by Gasteiger charge is 2.51. The van der Waals surface area contributed by atoms with Crippen LogP contribution in [-0.2, 0) is 16.0 Å². The molecule has 1 saturated carbocycles. The third-order valence-corrected chi connectivity index (χ3v) is 5.71. The fourth-order valence-electron chi connectivity index (χ4n) is 4.13. The van der Waals surface area contributed by atoms with Crippen molar-refractivity contribution in [3.63, 3.8) is 0 Å². The number of amides is 2. The van der Waals surface area contributed by atoms with Gasteiger partial charge in [-0.25, -0.2) is 0 Å². The van der Waals surface area contributed by atoms with Gasteiger partial charge in [-0.3, -0.25) is 14.6 Å². The molecular weight excluding hydrogens is 354 g/mol. The summed E-state index contributed by atoms with van der Waals surface area (Å²) in [7, 11) is 0. The van der Waals surface area contributed by atoms with Crippen LogP contribution in [0.2, 0.25) is 0 Å². The van der Waals surface area contributed by atoms with Gasteiger partial charge in [-0.1, -0.05) is 36.4 Å². The first-order valence-corrected chi connectivity index (χ1v) is 9.82. The number of nitrogens with zero attached hydrogens (tertiary/aromatic N) is 2. The van der Waals surface area contributed by atoms with Crippen LogP contribution in [0.4, 0.5) is 0 Å². The first-order chi connectivity index (χ1) is 13.7. The number of rotatable bonds is 7. The lowest BCUT2D eigenvalue weighted by Gasteiger charge is -2.55. The maximum atomic E-state index is 13.0. The van der Waals surface area contributed by atoms with Crippen molar-refractivity contribution in [2.24, 2.45) is 5.92 Å². The third kappa shape index (κ3) is 3.78. The van der Waals surface area contributed by atoms with Gasteiger partial charge < -0.3 is 15.3 Å². The number of pyridine rings is 1. The Morgan fingerprint density at radius 3 is 2.54 bits per heavy atom. The minimum atomic E-state index is -0.283. The molecular formula is C22H25N3O3. The Kier molecular flexibility index (Phi) is 5.39. The van der Waals surface area contributed by atoms with Crippen molar-refractivity contribution in [2.75, 3.05) is 13.2 Å². The molecule has 1 aromatic heterocycles. The summed E-state index contributed by atoms with van der Waals surface area (Å²) < 4.78 is 0. The molecule has 146 valence electrons. The summed E-state index contributed by atoms with van der Waals surface area (Å²) in [4.78, 5) is 31.0. The smallest absolute Gasteiger partial charge is 0.227 e. The fourth-order valence-corrected chi connectivity index (χ4v) is 4.13. The zero-order valence-corrected chi connectivity index (χ0v) is 15.7. The molecule has 2 fully saturated rings. The quantitative estimate of drug-likeness (QED) is 0.764. The molecule has 1 aliphatic carbocycles. The van der Waals surface area contributed by atoms with E-state index in [0.717, 1.165) is 24.0 Å². The second-order valence-electron chi connectivity index (χ2n) is 7.61. The highest BCUT2D eigenvalue weighted by Crippen LogP contribution is 2.41. The molecule has 2 amide bonds. The molecule has 0 radical (unpaired) electrons. The summed E-state index contributed by atoms with van der Waals surface area (Å²) in [6.07, 6.45) is 5.49. The average Bonchev–Trinajstić information content (AvgIpc) is 3.54. The summed E-state index contributed by atoms with van der Waals surface area (Å²) in [5.74, 6) is 0.149. The number of benzene rings is 1. The summed E-state index contributed by atoms with van der Waals surface area (Å²) in [5.41, 5.74) is 1.92. The van der Waals surface area contributed by atoms with Crippen molar-refractivity contribution in [1.29, 1.82) is 0 Å².